The van der Waals surface area contributed by atoms with E-state index in [0.717, 1.165) is 11.5 Å². The van der Waals surface area contributed by atoms with Gasteiger partial charge in [-0.3, -0.25) is 0 Å². The summed E-state index contributed by atoms with van der Waals surface area (Å²) < 4.78 is 0. The Morgan fingerprint density at radius 3 is 1.64 bits per heavy atom. The first kappa shape index (κ1) is 21.2. The fraction of sp³-hybridized carbons (Fsp3) is 0.714. The van der Waals surface area contributed by atoms with Gasteiger partial charge in [0.2, 0.25) is 0 Å². The Labute approximate surface area is 139 Å². The minimum Gasteiger partial charge on any atom is -0.385 e. The monoisotopic (exact) mass is 306 g/mol. The molecule has 0 saturated heterocycles. The number of rotatable bonds is 6. The first-order valence-electron chi connectivity index (χ1n) is 8.95. The molecule has 1 nitrogen and oxygen atoms in total. The number of aryl methyl sites for hydroxylation is 1. The molecule has 1 aromatic rings. The topological polar surface area (TPSA) is 20.2 Å². The number of benzene rings is 1. The fourth-order valence-electron chi connectivity index (χ4n) is 2.77. The molecule has 0 spiro atoms. The van der Waals surface area contributed by atoms with Crippen molar-refractivity contribution < 1.29 is 5.11 Å². The van der Waals surface area contributed by atoms with Gasteiger partial charge < -0.3 is 5.11 Å². The summed E-state index contributed by atoms with van der Waals surface area (Å²) in [6, 6.07) is 8.20. The van der Waals surface area contributed by atoms with Gasteiger partial charge in [-0.2, -0.15) is 0 Å². The van der Waals surface area contributed by atoms with Gasteiger partial charge in [-0.1, -0.05) is 97.6 Å². The van der Waals surface area contributed by atoms with E-state index < -0.39 is 5.60 Å². The van der Waals surface area contributed by atoms with E-state index in [4.69, 9.17) is 0 Å². The van der Waals surface area contributed by atoms with Gasteiger partial charge in [-0.25, -0.2) is 0 Å². The Kier molecular flexibility index (Phi) is 9.67. The van der Waals surface area contributed by atoms with Gasteiger partial charge in [0.05, 0.1) is 5.60 Å². The zero-order valence-electron chi connectivity index (χ0n) is 16.1. The molecule has 0 aliphatic carbocycles. The molecule has 1 heteroatoms. The van der Waals surface area contributed by atoms with Crippen LogP contribution in [0.25, 0.3) is 0 Å². The Morgan fingerprint density at radius 1 is 0.909 bits per heavy atom. The third-order valence-electron chi connectivity index (χ3n) is 4.41. The summed E-state index contributed by atoms with van der Waals surface area (Å²) in [5, 5.41) is 10.7. The predicted molar refractivity (Wildman–Crippen MR) is 99.1 cm³/mol. The maximum Gasteiger partial charge on any atom is 0.0941 e. The molecule has 0 aromatic heterocycles. The van der Waals surface area contributed by atoms with Crippen molar-refractivity contribution in [2.45, 2.75) is 80.3 Å². The molecule has 0 amide bonds. The molecule has 0 fully saturated rings. The van der Waals surface area contributed by atoms with Crippen molar-refractivity contribution in [2.24, 2.45) is 17.8 Å². The van der Waals surface area contributed by atoms with Crippen LogP contribution in [0.5, 0.6) is 0 Å². The molecule has 22 heavy (non-hydrogen) atoms. The smallest absolute Gasteiger partial charge is 0.0941 e. The van der Waals surface area contributed by atoms with Gasteiger partial charge >= 0.3 is 0 Å². The normalized spacial score (nSPS) is 11.8. The Hall–Kier alpha value is -0.820. The number of unbranched alkanes of at least 4 members (excludes halogenated alkanes) is 1. The Bertz CT molecular complexity index is 379. The molecule has 1 aromatic carbocycles. The van der Waals surface area contributed by atoms with Crippen LogP contribution in [0.4, 0.5) is 0 Å². The summed E-state index contributed by atoms with van der Waals surface area (Å²) in [6.07, 6.45) is 4.15. The van der Waals surface area contributed by atoms with Crippen LogP contribution in [-0.4, -0.2) is 5.11 Å². The molecule has 0 bridgehead atoms. The lowest BCUT2D eigenvalue weighted by molar-refractivity contribution is -0.0531. The summed E-state index contributed by atoms with van der Waals surface area (Å²) in [6.45, 7) is 17.1. The minimum absolute atomic E-state index is 0.222. The highest BCUT2D eigenvalue weighted by atomic mass is 16.3. The van der Waals surface area contributed by atoms with Crippen molar-refractivity contribution >= 4 is 0 Å². The number of aliphatic hydroxyl groups is 1. The lowest BCUT2D eigenvalue weighted by Crippen LogP contribution is -2.37. The van der Waals surface area contributed by atoms with Crippen LogP contribution in [0.15, 0.2) is 24.3 Å². The second-order valence-electron chi connectivity index (χ2n) is 7.54. The van der Waals surface area contributed by atoms with Crippen molar-refractivity contribution in [2.75, 3.05) is 0 Å². The lowest BCUT2D eigenvalue weighted by atomic mass is 9.75. The molecule has 0 heterocycles. The molecule has 0 atom stereocenters. The molecule has 1 rings (SSSR count). The van der Waals surface area contributed by atoms with Crippen LogP contribution >= 0.6 is 0 Å². The molecule has 0 radical (unpaired) electrons. The van der Waals surface area contributed by atoms with Crippen molar-refractivity contribution in [1.82, 2.24) is 0 Å². The van der Waals surface area contributed by atoms with Gasteiger partial charge in [0.15, 0.2) is 0 Å². The average Bonchev–Trinajstić information content (AvgIpc) is 2.45. The van der Waals surface area contributed by atoms with E-state index in [1.54, 1.807) is 0 Å². The standard InChI is InChI=1S/C14H22O.C7H16/c1-10(2)14(15,11(3)4)13-8-6-12(5)7-9-13;1-4-5-6-7(2)3/h6-11,15H,1-5H3;7H,4-6H2,1-3H3. The van der Waals surface area contributed by atoms with E-state index in [2.05, 4.69) is 67.5 Å². The molecule has 0 saturated carbocycles. The zero-order valence-corrected chi connectivity index (χ0v) is 16.1. The van der Waals surface area contributed by atoms with Crippen molar-refractivity contribution in [1.29, 1.82) is 0 Å². The van der Waals surface area contributed by atoms with E-state index in [1.165, 1.54) is 24.8 Å². The van der Waals surface area contributed by atoms with E-state index in [1.807, 2.05) is 12.1 Å². The first-order valence-corrected chi connectivity index (χ1v) is 8.95. The highest BCUT2D eigenvalue weighted by Crippen LogP contribution is 2.36. The van der Waals surface area contributed by atoms with Crippen LogP contribution in [0, 0.1) is 24.7 Å². The van der Waals surface area contributed by atoms with Crippen LogP contribution in [0.2, 0.25) is 0 Å². The summed E-state index contributed by atoms with van der Waals surface area (Å²) in [4.78, 5) is 0. The number of hydrogen-bond acceptors (Lipinski definition) is 1. The summed E-state index contributed by atoms with van der Waals surface area (Å²) >= 11 is 0. The van der Waals surface area contributed by atoms with E-state index in [0.29, 0.717) is 0 Å². The molecule has 128 valence electrons. The van der Waals surface area contributed by atoms with Gasteiger partial charge in [0.1, 0.15) is 0 Å². The Balaban J connectivity index is 0.000000534. The third-order valence-corrected chi connectivity index (χ3v) is 4.41. The SMILES string of the molecule is CCCCC(C)C.Cc1ccc(C(O)(C(C)C)C(C)C)cc1. The van der Waals surface area contributed by atoms with Gasteiger partial charge in [-0.05, 0) is 30.2 Å². The second kappa shape index (κ2) is 10.0. The van der Waals surface area contributed by atoms with Gasteiger partial charge in [0.25, 0.3) is 0 Å². The maximum absolute atomic E-state index is 10.7. The van der Waals surface area contributed by atoms with E-state index in [9.17, 15) is 5.11 Å². The highest BCUT2D eigenvalue weighted by Gasteiger charge is 2.36. The highest BCUT2D eigenvalue weighted by molar-refractivity contribution is 5.27. The summed E-state index contributed by atoms with van der Waals surface area (Å²) in [5.74, 6) is 1.35. The minimum atomic E-state index is -0.715. The average molecular weight is 307 g/mol. The molecule has 1 N–H and O–H groups in total. The summed E-state index contributed by atoms with van der Waals surface area (Å²) in [5.41, 5.74) is 1.54. The number of hydrogen-bond donors (Lipinski definition) is 1. The molecular formula is C21H38O. The first-order chi connectivity index (χ1) is 10.2. The fourth-order valence-corrected chi connectivity index (χ4v) is 2.77. The quantitative estimate of drug-likeness (QED) is 0.651. The molecular weight excluding hydrogens is 268 g/mol. The van der Waals surface area contributed by atoms with Crippen LogP contribution < -0.4 is 0 Å². The predicted octanol–water partition coefficient (Wildman–Crippen LogP) is 6.33. The zero-order chi connectivity index (χ0) is 17.3. The van der Waals surface area contributed by atoms with Crippen molar-refractivity contribution in [3.8, 4) is 0 Å². The lowest BCUT2D eigenvalue weighted by Gasteiger charge is -2.36. The van der Waals surface area contributed by atoms with Crippen molar-refractivity contribution in [3.63, 3.8) is 0 Å². The van der Waals surface area contributed by atoms with Crippen LogP contribution in [0.1, 0.15) is 78.9 Å². The molecule has 0 aliphatic heterocycles. The van der Waals surface area contributed by atoms with Crippen LogP contribution in [-0.2, 0) is 5.60 Å². The third kappa shape index (κ3) is 6.52. The van der Waals surface area contributed by atoms with E-state index in [-0.39, 0.29) is 11.8 Å². The largest absolute Gasteiger partial charge is 0.385 e. The van der Waals surface area contributed by atoms with Crippen LogP contribution in [0.3, 0.4) is 0 Å². The maximum atomic E-state index is 10.7. The van der Waals surface area contributed by atoms with Gasteiger partial charge in [0, 0.05) is 0 Å². The van der Waals surface area contributed by atoms with Gasteiger partial charge in [-0.15, -0.1) is 0 Å². The summed E-state index contributed by atoms with van der Waals surface area (Å²) in [7, 11) is 0. The van der Waals surface area contributed by atoms with Crippen molar-refractivity contribution in [3.05, 3.63) is 35.4 Å². The molecule has 0 aliphatic rings. The van der Waals surface area contributed by atoms with E-state index >= 15 is 0 Å². The second-order valence-corrected chi connectivity index (χ2v) is 7.54. The molecule has 0 unspecified atom stereocenters. The Morgan fingerprint density at radius 2 is 1.36 bits per heavy atom.